The van der Waals surface area contributed by atoms with Crippen LogP contribution in [0, 0.1) is 29.1 Å². The molecule has 0 saturated heterocycles. The van der Waals surface area contributed by atoms with Crippen LogP contribution in [0.5, 0.6) is 0 Å². The van der Waals surface area contributed by atoms with Gasteiger partial charge >= 0.3 is 0 Å². The van der Waals surface area contributed by atoms with Crippen LogP contribution in [-0.4, -0.2) is 22.4 Å². The average molecular weight is 401 g/mol. The molecule has 0 heterocycles. The first-order valence-electron chi connectivity index (χ1n) is 12.2. The summed E-state index contributed by atoms with van der Waals surface area (Å²) in [5, 5.41) is 20.2. The monoisotopic (exact) mass is 400 g/mol. The Morgan fingerprint density at radius 2 is 1.90 bits per heavy atom. The van der Waals surface area contributed by atoms with E-state index in [1.807, 2.05) is 0 Å². The topological polar surface area (TPSA) is 40.5 Å². The Hall–Kier alpha value is -0.860. The first-order chi connectivity index (χ1) is 13.7. The Morgan fingerprint density at radius 1 is 1.14 bits per heavy atom. The number of rotatable bonds is 6. The minimum absolute atomic E-state index is 0.420. The van der Waals surface area contributed by atoms with Crippen molar-refractivity contribution < 1.29 is 10.2 Å². The third-order valence-corrected chi connectivity index (χ3v) is 8.43. The van der Waals surface area contributed by atoms with Crippen molar-refractivity contribution in [2.75, 3.05) is 0 Å². The quantitative estimate of drug-likeness (QED) is 0.528. The van der Waals surface area contributed by atoms with Gasteiger partial charge in [-0.3, -0.25) is 0 Å². The SMILES string of the molecule is C=C1/C(=C/C=C2/CCC[C@@]3(C)[C@@H]2CC[C@@H]3[C@H](C)CCCC(C)C)C[C@@H](O)C[C@@H]1O. The van der Waals surface area contributed by atoms with Crippen LogP contribution in [0.15, 0.2) is 35.5 Å². The van der Waals surface area contributed by atoms with E-state index in [1.165, 1.54) is 51.4 Å². The Balaban J connectivity index is 1.71. The molecule has 0 bridgehead atoms. The van der Waals surface area contributed by atoms with Crippen LogP contribution < -0.4 is 0 Å². The van der Waals surface area contributed by atoms with Crippen LogP contribution in [-0.2, 0) is 0 Å². The van der Waals surface area contributed by atoms with Crippen LogP contribution in [0.2, 0.25) is 0 Å². The summed E-state index contributed by atoms with van der Waals surface area (Å²) >= 11 is 0. The molecular formula is C27H44O2. The average Bonchev–Trinajstić information content (AvgIpc) is 3.00. The van der Waals surface area contributed by atoms with Crippen LogP contribution in [0.1, 0.15) is 91.9 Å². The molecule has 0 aromatic rings. The van der Waals surface area contributed by atoms with Crippen molar-refractivity contribution >= 4 is 0 Å². The summed E-state index contributed by atoms with van der Waals surface area (Å²) in [6.45, 7) is 13.8. The van der Waals surface area contributed by atoms with Gasteiger partial charge in [0.05, 0.1) is 12.2 Å². The number of hydrogen-bond donors (Lipinski definition) is 2. The summed E-state index contributed by atoms with van der Waals surface area (Å²) < 4.78 is 0. The fourth-order valence-electron chi connectivity index (χ4n) is 6.73. The highest BCUT2D eigenvalue weighted by molar-refractivity contribution is 5.38. The summed E-state index contributed by atoms with van der Waals surface area (Å²) in [5.41, 5.74) is 3.88. The number of aliphatic hydroxyl groups excluding tert-OH is 2. The molecule has 0 amide bonds. The lowest BCUT2D eigenvalue weighted by atomic mass is 9.60. The van der Waals surface area contributed by atoms with Crippen molar-refractivity contribution in [1.82, 2.24) is 0 Å². The minimum Gasteiger partial charge on any atom is -0.393 e. The summed E-state index contributed by atoms with van der Waals surface area (Å²) in [6, 6.07) is 0. The van der Waals surface area contributed by atoms with Gasteiger partial charge in [-0.2, -0.15) is 0 Å². The fraction of sp³-hybridized carbons (Fsp3) is 0.778. The van der Waals surface area contributed by atoms with E-state index in [0.29, 0.717) is 24.2 Å². The van der Waals surface area contributed by atoms with Gasteiger partial charge in [0.15, 0.2) is 0 Å². The van der Waals surface area contributed by atoms with Crippen LogP contribution in [0.25, 0.3) is 0 Å². The molecule has 0 unspecified atom stereocenters. The van der Waals surface area contributed by atoms with E-state index in [1.54, 1.807) is 5.57 Å². The highest BCUT2D eigenvalue weighted by Gasteiger charge is 2.50. The van der Waals surface area contributed by atoms with Gasteiger partial charge in [0.1, 0.15) is 0 Å². The van der Waals surface area contributed by atoms with E-state index in [9.17, 15) is 10.2 Å². The smallest absolute Gasteiger partial charge is 0.0811 e. The Bertz CT molecular complexity index is 643. The van der Waals surface area contributed by atoms with Crippen molar-refractivity contribution in [2.24, 2.45) is 29.1 Å². The second-order valence-electron chi connectivity index (χ2n) is 11.0. The zero-order valence-electron chi connectivity index (χ0n) is 19.3. The summed E-state index contributed by atoms with van der Waals surface area (Å²) in [7, 11) is 0. The molecule has 0 spiro atoms. The first kappa shape index (κ1) is 22.8. The third kappa shape index (κ3) is 5.07. The maximum absolute atomic E-state index is 10.1. The second-order valence-corrected chi connectivity index (χ2v) is 11.0. The van der Waals surface area contributed by atoms with Crippen LogP contribution >= 0.6 is 0 Å². The zero-order valence-corrected chi connectivity index (χ0v) is 19.3. The molecule has 3 aliphatic rings. The van der Waals surface area contributed by atoms with Crippen LogP contribution in [0.3, 0.4) is 0 Å². The predicted molar refractivity (Wildman–Crippen MR) is 123 cm³/mol. The molecule has 2 nitrogen and oxygen atoms in total. The van der Waals surface area contributed by atoms with E-state index in [0.717, 1.165) is 28.9 Å². The van der Waals surface area contributed by atoms with E-state index < -0.39 is 12.2 Å². The predicted octanol–water partition coefficient (Wildman–Crippen LogP) is 6.59. The molecule has 3 saturated carbocycles. The molecule has 164 valence electrons. The minimum atomic E-state index is -0.595. The Labute approximate surface area is 179 Å². The molecule has 0 aromatic heterocycles. The van der Waals surface area contributed by atoms with E-state index in [-0.39, 0.29) is 0 Å². The fourth-order valence-corrected chi connectivity index (χ4v) is 6.73. The normalized spacial score (nSPS) is 39.3. The molecule has 0 aromatic carbocycles. The van der Waals surface area contributed by atoms with Gasteiger partial charge in [-0.25, -0.2) is 0 Å². The standard InChI is InChI=1S/C27H44O2/c1-18(2)8-6-9-19(3)24-13-14-25-21(10-7-15-27(24,25)5)11-12-22-16-23(28)17-26(29)20(22)4/h11-12,18-19,23-26,28-29H,4,6-10,13-17H2,1-3,5H3/b21-11-,22-12+/t19-,23-,24-,25-,26+,27-/m1/s1. The lowest BCUT2D eigenvalue weighted by molar-refractivity contribution is 0.0861. The lowest BCUT2D eigenvalue weighted by Gasteiger charge is -2.44. The highest BCUT2D eigenvalue weighted by atomic mass is 16.3. The van der Waals surface area contributed by atoms with Crippen molar-refractivity contribution in [3.05, 3.63) is 35.5 Å². The number of fused-ring (bicyclic) bond motifs is 1. The van der Waals surface area contributed by atoms with Crippen molar-refractivity contribution in [2.45, 2.75) is 104 Å². The van der Waals surface area contributed by atoms with Gasteiger partial charge in [0.2, 0.25) is 0 Å². The molecule has 2 heteroatoms. The highest BCUT2D eigenvalue weighted by Crippen LogP contribution is 2.59. The van der Waals surface area contributed by atoms with Crippen molar-refractivity contribution in [1.29, 1.82) is 0 Å². The second kappa shape index (κ2) is 9.52. The molecule has 2 N–H and O–H groups in total. The largest absolute Gasteiger partial charge is 0.393 e. The molecule has 3 rings (SSSR count). The first-order valence-corrected chi connectivity index (χ1v) is 12.2. The van der Waals surface area contributed by atoms with E-state index in [4.69, 9.17) is 0 Å². The summed E-state index contributed by atoms with van der Waals surface area (Å²) in [6.07, 6.45) is 15.2. The molecule has 3 fully saturated rings. The molecule has 29 heavy (non-hydrogen) atoms. The Kier molecular flexibility index (Phi) is 7.49. The van der Waals surface area contributed by atoms with E-state index in [2.05, 4.69) is 46.4 Å². The van der Waals surface area contributed by atoms with Crippen LogP contribution in [0.4, 0.5) is 0 Å². The summed E-state index contributed by atoms with van der Waals surface area (Å²) in [4.78, 5) is 0. The summed E-state index contributed by atoms with van der Waals surface area (Å²) in [5.74, 6) is 3.20. The zero-order chi connectivity index (χ0) is 21.2. The molecule has 3 aliphatic carbocycles. The van der Waals surface area contributed by atoms with Gasteiger partial charge < -0.3 is 10.2 Å². The number of aliphatic hydroxyl groups is 2. The maximum atomic E-state index is 10.1. The van der Waals surface area contributed by atoms with Gasteiger partial charge in [-0.05, 0) is 78.8 Å². The van der Waals surface area contributed by atoms with Gasteiger partial charge in [-0.15, -0.1) is 0 Å². The molecular weight excluding hydrogens is 356 g/mol. The molecule has 0 radical (unpaired) electrons. The van der Waals surface area contributed by atoms with Crippen molar-refractivity contribution in [3.63, 3.8) is 0 Å². The number of hydrogen-bond acceptors (Lipinski definition) is 2. The van der Waals surface area contributed by atoms with Gasteiger partial charge in [0.25, 0.3) is 0 Å². The molecule has 6 atom stereocenters. The Morgan fingerprint density at radius 3 is 2.62 bits per heavy atom. The lowest BCUT2D eigenvalue weighted by Crippen LogP contribution is -2.36. The number of allylic oxidation sites excluding steroid dienone is 3. The maximum Gasteiger partial charge on any atom is 0.0811 e. The third-order valence-electron chi connectivity index (χ3n) is 8.43. The van der Waals surface area contributed by atoms with Crippen molar-refractivity contribution in [3.8, 4) is 0 Å². The van der Waals surface area contributed by atoms with E-state index >= 15 is 0 Å². The van der Waals surface area contributed by atoms with Gasteiger partial charge in [-0.1, -0.05) is 71.3 Å². The molecule has 0 aliphatic heterocycles. The van der Waals surface area contributed by atoms with Gasteiger partial charge in [0, 0.05) is 6.42 Å².